The van der Waals surface area contributed by atoms with E-state index in [1.807, 2.05) is 0 Å². The molecule has 0 unspecified atom stereocenters. The number of carbonyl (C=O) groups excluding carboxylic acids is 1. The van der Waals surface area contributed by atoms with E-state index in [1.54, 1.807) is 24.3 Å². The molecule has 0 atom stereocenters. The maximum Gasteiger partial charge on any atom is 0.416 e. The van der Waals surface area contributed by atoms with Gasteiger partial charge in [-0.25, -0.2) is 12.8 Å². The van der Waals surface area contributed by atoms with Gasteiger partial charge >= 0.3 is 6.18 Å². The molecule has 0 spiro atoms. The second kappa shape index (κ2) is 10.3. The Balaban J connectivity index is 1.65. The molecule has 3 aromatic carbocycles. The van der Waals surface area contributed by atoms with Crippen LogP contribution in [0.2, 0.25) is 0 Å². The highest BCUT2D eigenvalue weighted by Gasteiger charge is 2.30. The summed E-state index contributed by atoms with van der Waals surface area (Å²) in [6, 6.07) is 16.1. The van der Waals surface area contributed by atoms with Gasteiger partial charge in [0, 0.05) is 12.1 Å². The zero-order valence-electron chi connectivity index (χ0n) is 18.1. The Morgan fingerprint density at radius 3 is 1.97 bits per heavy atom. The van der Waals surface area contributed by atoms with E-state index < -0.39 is 21.8 Å². The summed E-state index contributed by atoms with van der Waals surface area (Å²) in [7, 11) is -3.78. The van der Waals surface area contributed by atoms with Crippen molar-refractivity contribution in [2.24, 2.45) is 0 Å². The summed E-state index contributed by atoms with van der Waals surface area (Å²) in [6.07, 6.45) is -3.03. The topological polar surface area (TPSA) is 66.5 Å². The smallest absolute Gasteiger partial charge is 0.352 e. The van der Waals surface area contributed by atoms with Gasteiger partial charge in [-0.05, 0) is 66.1 Å². The predicted molar refractivity (Wildman–Crippen MR) is 121 cm³/mol. The number of nitrogens with one attached hydrogen (secondary N) is 1. The van der Waals surface area contributed by atoms with Gasteiger partial charge in [0.15, 0.2) is 0 Å². The Bertz CT molecular complexity index is 1230. The van der Waals surface area contributed by atoms with Gasteiger partial charge in [-0.1, -0.05) is 24.3 Å². The third-order valence-corrected chi connectivity index (χ3v) is 6.18. The number of sulfonamides is 1. The first kappa shape index (κ1) is 25.2. The molecule has 5 nitrogen and oxygen atoms in total. The lowest BCUT2D eigenvalue weighted by Gasteiger charge is -2.23. The zero-order chi connectivity index (χ0) is 24.9. The Labute approximate surface area is 195 Å². The molecule has 0 aromatic heterocycles. The lowest BCUT2D eigenvalue weighted by atomic mass is 10.1. The summed E-state index contributed by atoms with van der Waals surface area (Å²) in [6.45, 7) is 0.235. The number of halogens is 4. The SMILES string of the molecule is CS(=O)(=O)N(Cc1ccc(C(=O)NCCc2ccc(F)cc2)cc1)c1ccc(C(F)(F)F)cc1. The Morgan fingerprint density at radius 1 is 0.882 bits per heavy atom. The van der Waals surface area contributed by atoms with Crippen molar-refractivity contribution < 1.29 is 30.8 Å². The molecule has 180 valence electrons. The molecule has 0 aliphatic carbocycles. The molecule has 34 heavy (non-hydrogen) atoms. The molecule has 1 N–H and O–H groups in total. The fraction of sp³-hybridized carbons (Fsp3) is 0.208. The minimum atomic E-state index is -4.52. The van der Waals surface area contributed by atoms with Crippen LogP contribution in [0.1, 0.15) is 27.0 Å². The quantitative estimate of drug-likeness (QED) is 0.459. The molecular weight excluding hydrogens is 472 g/mol. The van der Waals surface area contributed by atoms with Crippen molar-refractivity contribution in [3.8, 4) is 0 Å². The van der Waals surface area contributed by atoms with Crippen LogP contribution in [0.15, 0.2) is 72.8 Å². The fourth-order valence-corrected chi connectivity index (χ4v) is 4.11. The van der Waals surface area contributed by atoms with Crippen LogP contribution >= 0.6 is 0 Å². The van der Waals surface area contributed by atoms with E-state index in [2.05, 4.69) is 5.32 Å². The summed E-state index contributed by atoms with van der Waals surface area (Å²) >= 11 is 0. The molecule has 0 saturated heterocycles. The molecule has 0 aliphatic heterocycles. The minimum Gasteiger partial charge on any atom is -0.352 e. The number of carbonyl (C=O) groups is 1. The third-order valence-electron chi connectivity index (χ3n) is 5.04. The van der Waals surface area contributed by atoms with E-state index in [0.717, 1.165) is 40.4 Å². The number of rotatable bonds is 8. The van der Waals surface area contributed by atoms with Gasteiger partial charge in [0.05, 0.1) is 24.1 Å². The van der Waals surface area contributed by atoms with Gasteiger partial charge < -0.3 is 5.32 Å². The van der Waals surface area contributed by atoms with Crippen molar-refractivity contribution in [3.63, 3.8) is 0 Å². The second-order valence-corrected chi connectivity index (χ2v) is 9.55. The standard InChI is InChI=1S/C24H22F4N2O3S/c1-34(32,33)30(22-12-8-20(9-13-22)24(26,27)28)16-18-2-6-19(7-3-18)23(31)29-15-14-17-4-10-21(25)11-5-17/h2-13H,14-16H2,1H3,(H,29,31). The largest absolute Gasteiger partial charge is 0.416 e. The molecule has 0 fully saturated rings. The van der Waals surface area contributed by atoms with Crippen LogP contribution in [0.25, 0.3) is 0 Å². The Hall–Kier alpha value is -3.40. The first-order chi connectivity index (χ1) is 15.9. The molecule has 10 heteroatoms. The number of alkyl halides is 3. The van der Waals surface area contributed by atoms with Crippen molar-refractivity contribution in [1.29, 1.82) is 0 Å². The molecule has 0 aliphatic rings. The van der Waals surface area contributed by atoms with Crippen LogP contribution in [-0.4, -0.2) is 27.1 Å². The van der Waals surface area contributed by atoms with Gasteiger partial charge in [0.25, 0.3) is 5.91 Å². The first-order valence-corrected chi connectivity index (χ1v) is 12.0. The summed E-state index contributed by atoms with van der Waals surface area (Å²) in [5.74, 6) is -0.656. The molecule has 0 heterocycles. The van der Waals surface area contributed by atoms with Crippen LogP contribution in [0.5, 0.6) is 0 Å². The summed E-state index contributed by atoms with van der Waals surface area (Å²) in [4.78, 5) is 12.3. The van der Waals surface area contributed by atoms with Gasteiger partial charge in [-0.15, -0.1) is 0 Å². The Morgan fingerprint density at radius 2 is 1.44 bits per heavy atom. The van der Waals surface area contributed by atoms with Crippen LogP contribution in [-0.2, 0) is 29.2 Å². The normalized spacial score (nSPS) is 11.8. The van der Waals surface area contributed by atoms with Crippen LogP contribution in [0.3, 0.4) is 0 Å². The average molecular weight is 495 g/mol. The van der Waals surface area contributed by atoms with Crippen molar-refractivity contribution >= 4 is 21.6 Å². The van der Waals surface area contributed by atoms with E-state index in [1.165, 1.54) is 24.3 Å². The first-order valence-electron chi connectivity index (χ1n) is 10.2. The van der Waals surface area contributed by atoms with E-state index in [9.17, 15) is 30.8 Å². The number of anilines is 1. The van der Waals surface area contributed by atoms with Gasteiger partial charge in [0.2, 0.25) is 10.0 Å². The van der Waals surface area contributed by atoms with E-state index in [0.29, 0.717) is 24.1 Å². The number of benzene rings is 3. The summed E-state index contributed by atoms with van der Waals surface area (Å²) < 4.78 is 76.9. The lowest BCUT2D eigenvalue weighted by molar-refractivity contribution is -0.137. The molecule has 0 bridgehead atoms. The van der Waals surface area contributed by atoms with Crippen LogP contribution in [0, 0.1) is 5.82 Å². The molecule has 1 amide bonds. The zero-order valence-corrected chi connectivity index (χ0v) is 19.0. The maximum absolute atomic E-state index is 12.9. The highest BCUT2D eigenvalue weighted by molar-refractivity contribution is 7.92. The highest BCUT2D eigenvalue weighted by atomic mass is 32.2. The van der Waals surface area contributed by atoms with Crippen LogP contribution in [0.4, 0.5) is 23.2 Å². The molecule has 0 radical (unpaired) electrons. The Kier molecular flexibility index (Phi) is 7.61. The fourth-order valence-electron chi connectivity index (χ4n) is 3.22. The van der Waals surface area contributed by atoms with Crippen molar-refractivity contribution in [2.75, 3.05) is 17.1 Å². The number of hydrogen-bond acceptors (Lipinski definition) is 3. The van der Waals surface area contributed by atoms with E-state index >= 15 is 0 Å². The lowest BCUT2D eigenvalue weighted by Crippen LogP contribution is -2.29. The maximum atomic E-state index is 12.9. The number of amides is 1. The van der Waals surface area contributed by atoms with Crippen LogP contribution < -0.4 is 9.62 Å². The van der Waals surface area contributed by atoms with Crippen molar-refractivity contribution in [2.45, 2.75) is 19.1 Å². The molecule has 0 saturated carbocycles. The summed E-state index contributed by atoms with van der Waals surface area (Å²) in [5, 5.41) is 2.76. The third kappa shape index (κ3) is 6.80. The van der Waals surface area contributed by atoms with Gasteiger partial charge in [0.1, 0.15) is 5.82 Å². The average Bonchev–Trinajstić information content (AvgIpc) is 2.78. The predicted octanol–water partition coefficient (Wildman–Crippen LogP) is 4.78. The number of nitrogens with zero attached hydrogens (tertiary/aromatic N) is 1. The molecule has 3 rings (SSSR count). The molecule has 3 aromatic rings. The number of hydrogen-bond donors (Lipinski definition) is 1. The highest BCUT2D eigenvalue weighted by Crippen LogP contribution is 2.31. The minimum absolute atomic E-state index is 0.0955. The van der Waals surface area contributed by atoms with Gasteiger partial charge in [-0.2, -0.15) is 13.2 Å². The van der Waals surface area contributed by atoms with E-state index in [4.69, 9.17) is 0 Å². The van der Waals surface area contributed by atoms with Gasteiger partial charge in [-0.3, -0.25) is 9.10 Å². The molecular formula is C24H22F4N2O3S. The summed E-state index contributed by atoms with van der Waals surface area (Å²) in [5.41, 5.74) is 1.01. The van der Waals surface area contributed by atoms with Crippen molar-refractivity contribution in [1.82, 2.24) is 5.32 Å². The monoisotopic (exact) mass is 494 g/mol. The second-order valence-electron chi connectivity index (χ2n) is 7.64. The van der Waals surface area contributed by atoms with E-state index in [-0.39, 0.29) is 24.0 Å². The van der Waals surface area contributed by atoms with Crippen molar-refractivity contribution in [3.05, 3.63) is 101 Å².